The van der Waals surface area contributed by atoms with E-state index in [2.05, 4.69) is 4.90 Å². The molecule has 0 spiro atoms. The van der Waals surface area contributed by atoms with Crippen molar-refractivity contribution in [3.63, 3.8) is 0 Å². The molecule has 0 aliphatic carbocycles. The maximum Gasteiger partial charge on any atom is 0.169 e. The Hall–Kier alpha value is -1.10. The first-order valence-electron chi connectivity index (χ1n) is 5.25. The van der Waals surface area contributed by atoms with Gasteiger partial charge in [0, 0.05) is 33.0 Å². The van der Waals surface area contributed by atoms with Crippen molar-refractivity contribution in [3.8, 4) is 0 Å². The average molecular weight is 224 g/mol. The van der Waals surface area contributed by atoms with Crippen LogP contribution in [0.25, 0.3) is 0 Å². The van der Waals surface area contributed by atoms with Crippen molar-refractivity contribution in [2.75, 3.05) is 33.5 Å². The maximum absolute atomic E-state index is 5.88. The van der Waals surface area contributed by atoms with Crippen LogP contribution in [0.4, 0.5) is 5.69 Å². The number of benzene rings is 1. The van der Waals surface area contributed by atoms with E-state index in [-0.39, 0.29) is 6.29 Å². The van der Waals surface area contributed by atoms with Crippen LogP contribution in [-0.2, 0) is 16.0 Å². The molecule has 4 nitrogen and oxygen atoms in total. The lowest BCUT2D eigenvalue weighted by Gasteiger charge is -2.22. The van der Waals surface area contributed by atoms with Gasteiger partial charge >= 0.3 is 0 Å². The number of ether oxygens (including phenoxy) is 2. The van der Waals surface area contributed by atoms with Crippen LogP contribution in [0.3, 0.4) is 0 Å². The van der Waals surface area contributed by atoms with Gasteiger partial charge in [0.25, 0.3) is 0 Å². The summed E-state index contributed by atoms with van der Waals surface area (Å²) in [4.78, 5) is 2.11. The summed E-state index contributed by atoms with van der Waals surface area (Å²) in [5.74, 6) is 0. The highest BCUT2D eigenvalue weighted by atomic mass is 16.7. The summed E-state index contributed by atoms with van der Waals surface area (Å²) in [5.41, 5.74) is 7.82. The fraction of sp³-hybridized carbons (Fsp3) is 0.500. The predicted octanol–water partition coefficient (Wildman–Crippen LogP) is 1.32. The molecule has 0 unspecified atom stereocenters. The van der Waals surface area contributed by atoms with Gasteiger partial charge in [0.05, 0.1) is 0 Å². The Bertz CT molecular complexity index is 314. The molecular formula is C12H20N2O2. The summed E-state index contributed by atoms with van der Waals surface area (Å²) in [5, 5.41) is 0. The second kappa shape index (κ2) is 6.48. The number of hydrogen-bond acceptors (Lipinski definition) is 4. The number of nitrogen functional groups attached to an aromatic ring is 1. The van der Waals surface area contributed by atoms with Crippen LogP contribution in [0.2, 0.25) is 0 Å². The highest BCUT2D eigenvalue weighted by molar-refractivity contribution is 5.46. The Labute approximate surface area is 96.9 Å². The fourth-order valence-electron chi connectivity index (χ4n) is 1.53. The number of rotatable bonds is 6. The summed E-state index contributed by atoms with van der Waals surface area (Å²) in [6, 6.07) is 7.86. The zero-order valence-corrected chi connectivity index (χ0v) is 10.1. The third-order valence-corrected chi connectivity index (χ3v) is 2.48. The Morgan fingerprint density at radius 1 is 1.25 bits per heavy atom. The van der Waals surface area contributed by atoms with Gasteiger partial charge in [-0.15, -0.1) is 0 Å². The van der Waals surface area contributed by atoms with Gasteiger partial charge in [0.2, 0.25) is 0 Å². The Kier molecular flexibility index (Phi) is 5.25. The minimum Gasteiger partial charge on any atom is -0.398 e. The number of nitrogens with two attached hydrogens (primary N) is 1. The molecule has 90 valence electrons. The first kappa shape index (κ1) is 13.0. The lowest BCUT2D eigenvalue weighted by Crippen LogP contribution is -2.31. The summed E-state index contributed by atoms with van der Waals surface area (Å²) in [6.45, 7) is 1.50. The van der Waals surface area contributed by atoms with Crippen LogP contribution < -0.4 is 5.73 Å². The van der Waals surface area contributed by atoms with Gasteiger partial charge in [0.1, 0.15) is 0 Å². The Morgan fingerprint density at radius 2 is 1.88 bits per heavy atom. The molecule has 0 aromatic heterocycles. The number of hydrogen-bond donors (Lipinski definition) is 1. The first-order valence-corrected chi connectivity index (χ1v) is 5.25. The molecule has 0 aliphatic heterocycles. The number of likely N-dealkylation sites (N-methyl/N-ethyl adjacent to an activating group) is 1. The second-order valence-corrected chi connectivity index (χ2v) is 3.80. The van der Waals surface area contributed by atoms with Crippen molar-refractivity contribution in [1.82, 2.24) is 4.90 Å². The van der Waals surface area contributed by atoms with Gasteiger partial charge in [-0.05, 0) is 18.7 Å². The summed E-state index contributed by atoms with van der Waals surface area (Å²) in [7, 11) is 5.29. The molecule has 16 heavy (non-hydrogen) atoms. The van der Waals surface area contributed by atoms with E-state index in [4.69, 9.17) is 15.2 Å². The quantitative estimate of drug-likeness (QED) is 0.585. The van der Waals surface area contributed by atoms with Gasteiger partial charge in [-0.3, -0.25) is 4.90 Å². The molecule has 4 heteroatoms. The molecule has 0 fully saturated rings. The van der Waals surface area contributed by atoms with Crippen LogP contribution in [-0.4, -0.2) is 39.0 Å². The molecule has 1 rings (SSSR count). The van der Waals surface area contributed by atoms with Crippen molar-refractivity contribution >= 4 is 5.69 Å². The molecule has 0 radical (unpaired) electrons. The van der Waals surface area contributed by atoms with E-state index in [0.29, 0.717) is 6.54 Å². The number of para-hydroxylation sites is 1. The first-order chi connectivity index (χ1) is 7.67. The van der Waals surface area contributed by atoms with E-state index in [0.717, 1.165) is 17.8 Å². The molecule has 0 atom stereocenters. The smallest absolute Gasteiger partial charge is 0.169 e. The molecule has 0 aliphatic rings. The van der Waals surface area contributed by atoms with Crippen molar-refractivity contribution in [2.45, 2.75) is 12.8 Å². The summed E-state index contributed by atoms with van der Waals surface area (Å²) < 4.78 is 10.3. The van der Waals surface area contributed by atoms with Crippen molar-refractivity contribution in [1.29, 1.82) is 0 Å². The molecule has 1 aromatic carbocycles. The normalized spacial score (nSPS) is 11.3. The minimum absolute atomic E-state index is 0.199. The molecular weight excluding hydrogens is 204 g/mol. The summed E-state index contributed by atoms with van der Waals surface area (Å²) >= 11 is 0. The highest BCUT2D eigenvalue weighted by Crippen LogP contribution is 2.12. The third-order valence-electron chi connectivity index (χ3n) is 2.48. The Balaban J connectivity index is 2.51. The molecule has 1 aromatic rings. The van der Waals surface area contributed by atoms with Crippen LogP contribution in [0.1, 0.15) is 5.56 Å². The van der Waals surface area contributed by atoms with Gasteiger partial charge in [-0.25, -0.2) is 0 Å². The van der Waals surface area contributed by atoms with Crippen LogP contribution in [0, 0.1) is 0 Å². The lowest BCUT2D eigenvalue weighted by molar-refractivity contribution is -0.114. The minimum atomic E-state index is -0.199. The number of anilines is 1. The van der Waals surface area contributed by atoms with Crippen molar-refractivity contribution in [3.05, 3.63) is 29.8 Å². The maximum atomic E-state index is 5.88. The van der Waals surface area contributed by atoms with Crippen molar-refractivity contribution < 1.29 is 9.47 Å². The third kappa shape index (κ3) is 3.81. The topological polar surface area (TPSA) is 47.7 Å². The predicted molar refractivity (Wildman–Crippen MR) is 65.0 cm³/mol. The average Bonchev–Trinajstić information content (AvgIpc) is 2.29. The monoisotopic (exact) mass is 224 g/mol. The van der Waals surface area contributed by atoms with E-state index < -0.39 is 0 Å². The van der Waals surface area contributed by atoms with Gasteiger partial charge in [0.15, 0.2) is 6.29 Å². The molecule has 0 saturated carbocycles. The van der Waals surface area contributed by atoms with Crippen LogP contribution in [0.5, 0.6) is 0 Å². The summed E-state index contributed by atoms with van der Waals surface area (Å²) in [6.07, 6.45) is -0.199. The van der Waals surface area contributed by atoms with E-state index in [1.165, 1.54) is 0 Å². The lowest BCUT2D eigenvalue weighted by atomic mass is 10.2. The molecule has 2 N–H and O–H groups in total. The fourth-order valence-corrected chi connectivity index (χ4v) is 1.53. The van der Waals surface area contributed by atoms with Gasteiger partial charge < -0.3 is 15.2 Å². The number of methoxy groups -OCH3 is 2. The highest BCUT2D eigenvalue weighted by Gasteiger charge is 2.10. The van der Waals surface area contributed by atoms with E-state index >= 15 is 0 Å². The van der Waals surface area contributed by atoms with E-state index in [1.807, 2.05) is 31.3 Å². The zero-order valence-electron chi connectivity index (χ0n) is 10.1. The SMILES string of the molecule is COC(CN(C)Cc1ccccc1N)OC. The van der Waals surface area contributed by atoms with E-state index in [9.17, 15) is 0 Å². The Morgan fingerprint density at radius 3 is 2.44 bits per heavy atom. The second-order valence-electron chi connectivity index (χ2n) is 3.80. The molecule has 0 bridgehead atoms. The zero-order chi connectivity index (χ0) is 12.0. The molecule has 0 saturated heterocycles. The van der Waals surface area contributed by atoms with Crippen LogP contribution >= 0.6 is 0 Å². The largest absolute Gasteiger partial charge is 0.398 e. The van der Waals surface area contributed by atoms with Crippen molar-refractivity contribution in [2.24, 2.45) is 0 Å². The van der Waals surface area contributed by atoms with Gasteiger partial charge in [-0.2, -0.15) is 0 Å². The standard InChI is InChI=1S/C12H20N2O2/c1-14(9-12(15-2)16-3)8-10-6-4-5-7-11(10)13/h4-7,12H,8-9,13H2,1-3H3. The molecule has 0 heterocycles. The van der Waals surface area contributed by atoms with Crippen LogP contribution in [0.15, 0.2) is 24.3 Å². The molecule has 0 amide bonds. The van der Waals surface area contributed by atoms with Gasteiger partial charge in [-0.1, -0.05) is 18.2 Å². The van der Waals surface area contributed by atoms with E-state index in [1.54, 1.807) is 14.2 Å². The number of nitrogens with zero attached hydrogens (tertiary/aromatic N) is 1.